The molecule has 0 aliphatic rings. The Morgan fingerprint density at radius 2 is 1.85 bits per heavy atom. The molecule has 2 unspecified atom stereocenters. The molecule has 0 saturated carbocycles. The van der Waals surface area contributed by atoms with E-state index in [0.717, 1.165) is 0 Å². The number of furan rings is 1. The minimum atomic E-state index is -0.889. The lowest BCUT2D eigenvalue weighted by Crippen LogP contribution is -1.99. The van der Waals surface area contributed by atoms with E-state index >= 15 is 0 Å². The maximum atomic E-state index is 9.42. The molecular weight excluding hydrogens is 168 g/mol. The largest absolute Gasteiger partial charge is 0.466 e. The van der Waals surface area contributed by atoms with Crippen LogP contribution in [-0.4, -0.2) is 10.2 Å². The lowest BCUT2D eigenvalue weighted by Gasteiger charge is -2.07. The second kappa shape index (κ2) is 4.07. The third-order valence-corrected chi connectivity index (χ3v) is 1.76. The van der Waals surface area contributed by atoms with Crippen LogP contribution in [0.2, 0.25) is 0 Å². The van der Waals surface area contributed by atoms with Gasteiger partial charge in [0, 0.05) is 5.56 Å². The summed E-state index contributed by atoms with van der Waals surface area (Å²) in [6.45, 7) is 6.87. The SMILES string of the molecule is C=CC(O)c1ccoc1C(O)C=C. The molecule has 1 aromatic rings. The van der Waals surface area contributed by atoms with Crippen molar-refractivity contribution in [2.75, 3.05) is 0 Å². The highest BCUT2D eigenvalue weighted by molar-refractivity contribution is 5.26. The molecule has 1 aromatic heterocycles. The molecule has 13 heavy (non-hydrogen) atoms. The minimum absolute atomic E-state index is 0.308. The van der Waals surface area contributed by atoms with E-state index in [2.05, 4.69) is 13.2 Å². The molecule has 0 aromatic carbocycles. The van der Waals surface area contributed by atoms with E-state index in [1.54, 1.807) is 6.07 Å². The predicted molar refractivity (Wildman–Crippen MR) is 49.0 cm³/mol. The summed E-state index contributed by atoms with van der Waals surface area (Å²) in [4.78, 5) is 0. The summed E-state index contributed by atoms with van der Waals surface area (Å²) in [5, 5.41) is 18.8. The molecule has 0 aliphatic carbocycles. The van der Waals surface area contributed by atoms with E-state index in [0.29, 0.717) is 11.3 Å². The van der Waals surface area contributed by atoms with E-state index < -0.39 is 12.2 Å². The van der Waals surface area contributed by atoms with Gasteiger partial charge < -0.3 is 14.6 Å². The van der Waals surface area contributed by atoms with Gasteiger partial charge in [0.05, 0.1) is 6.26 Å². The van der Waals surface area contributed by atoms with Gasteiger partial charge in [-0.15, -0.1) is 13.2 Å². The normalized spacial score (nSPS) is 14.9. The van der Waals surface area contributed by atoms with Gasteiger partial charge in [-0.2, -0.15) is 0 Å². The van der Waals surface area contributed by atoms with Gasteiger partial charge in [0.2, 0.25) is 0 Å². The molecule has 0 aliphatic heterocycles. The standard InChI is InChI=1S/C10H12O3/c1-3-8(11)7-5-6-13-10(7)9(12)4-2/h3-6,8-9,11-12H,1-2H2. The van der Waals surface area contributed by atoms with Crippen molar-refractivity contribution in [3.05, 3.63) is 49.0 Å². The Bertz CT molecular complexity index is 272. The van der Waals surface area contributed by atoms with Crippen molar-refractivity contribution >= 4 is 0 Å². The third-order valence-electron chi connectivity index (χ3n) is 1.76. The van der Waals surface area contributed by atoms with Gasteiger partial charge in [-0.25, -0.2) is 0 Å². The zero-order valence-electron chi connectivity index (χ0n) is 7.18. The maximum absolute atomic E-state index is 9.42. The summed E-state index contributed by atoms with van der Waals surface area (Å²) in [7, 11) is 0. The molecule has 2 N–H and O–H groups in total. The van der Waals surface area contributed by atoms with Crippen molar-refractivity contribution in [3.63, 3.8) is 0 Å². The van der Waals surface area contributed by atoms with Gasteiger partial charge in [-0.3, -0.25) is 0 Å². The molecule has 3 nitrogen and oxygen atoms in total. The van der Waals surface area contributed by atoms with Crippen LogP contribution in [0, 0.1) is 0 Å². The van der Waals surface area contributed by atoms with Crippen LogP contribution in [0.3, 0.4) is 0 Å². The van der Waals surface area contributed by atoms with Crippen molar-refractivity contribution in [2.24, 2.45) is 0 Å². The first-order chi connectivity index (χ1) is 6.20. The van der Waals surface area contributed by atoms with Gasteiger partial charge in [-0.05, 0) is 6.07 Å². The number of hydrogen-bond acceptors (Lipinski definition) is 3. The monoisotopic (exact) mass is 180 g/mol. The van der Waals surface area contributed by atoms with Crippen LogP contribution in [0.4, 0.5) is 0 Å². The molecule has 1 rings (SSSR count). The zero-order chi connectivity index (χ0) is 9.84. The quantitative estimate of drug-likeness (QED) is 0.693. The summed E-state index contributed by atoms with van der Waals surface area (Å²) in [5.41, 5.74) is 0.516. The lowest BCUT2D eigenvalue weighted by atomic mass is 10.1. The molecule has 0 saturated heterocycles. The molecule has 0 spiro atoms. The van der Waals surface area contributed by atoms with E-state index in [1.165, 1.54) is 18.4 Å². The van der Waals surface area contributed by atoms with E-state index in [9.17, 15) is 10.2 Å². The van der Waals surface area contributed by atoms with Crippen LogP contribution < -0.4 is 0 Å². The number of hydrogen-bond donors (Lipinski definition) is 2. The van der Waals surface area contributed by atoms with Crippen LogP contribution in [0.25, 0.3) is 0 Å². The van der Waals surface area contributed by atoms with Crippen LogP contribution in [-0.2, 0) is 0 Å². The van der Waals surface area contributed by atoms with Crippen molar-refractivity contribution in [2.45, 2.75) is 12.2 Å². The van der Waals surface area contributed by atoms with Gasteiger partial charge in [0.1, 0.15) is 18.0 Å². The van der Waals surface area contributed by atoms with Gasteiger partial charge >= 0.3 is 0 Å². The minimum Gasteiger partial charge on any atom is -0.466 e. The Morgan fingerprint density at radius 3 is 2.38 bits per heavy atom. The summed E-state index contributed by atoms with van der Waals surface area (Å²) in [6, 6.07) is 1.59. The predicted octanol–water partition coefficient (Wildman–Crippen LogP) is 1.72. The molecule has 70 valence electrons. The van der Waals surface area contributed by atoms with Gasteiger partial charge in [0.25, 0.3) is 0 Å². The molecule has 2 atom stereocenters. The Hall–Kier alpha value is -1.32. The van der Waals surface area contributed by atoms with Crippen LogP contribution in [0.5, 0.6) is 0 Å². The van der Waals surface area contributed by atoms with E-state index in [4.69, 9.17) is 4.42 Å². The summed E-state index contributed by atoms with van der Waals surface area (Å²) in [5.74, 6) is 0.308. The Labute approximate surface area is 76.6 Å². The molecule has 0 bridgehead atoms. The summed E-state index contributed by atoms with van der Waals surface area (Å²) in [6.07, 6.45) is 2.40. The summed E-state index contributed by atoms with van der Waals surface area (Å²) >= 11 is 0. The molecule has 3 heteroatoms. The van der Waals surface area contributed by atoms with Crippen molar-refractivity contribution in [3.8, 4) is 0 Å². The Balaban J connectivity index is 3.01. The number of aliphatic hydroxyl groups is 2. The van der Waals surface area contributed by atoms with Crippen LogP contribution in [0.15, 0.2) is 42.1 Å². The zero-order valence-corrected chi connectivity index (χ0v) is 7.18. The first kappa shape index (κ1) is 9.77. The molecule has 1 heterocycles. The summed E-state index contributed by atoms with van der Waals surface area (Å²) < 4.78 is 5.01. The molecular formula is C10H12O3. The fraction of sp³-hybridized carbons (Fsp3) is 0.200. The smallest absolute Gasteiger partial charge is 0.142 e. The topological polar surface area (TPSA) is 53.6 Å². The number of rotatable bonds is 4. The first-order valence-corrected chi connectivity index (χ1v) is 3.89. The molecule has 0 fully saturated rings. The highest BCUT2D eigenvalue weighted by Crippen LogP contribution is 2.25. The van der Waals surface area contributed by atoms with Crippen LogP contribution in [0.1, 0.15) is 23.5 Å². The van der Waals surface area contributed by atoms with Crippen molar-refractivity contribution in [1.82, 2.24) is 0 Å². The second-order valence-corrected chi connectivity index (χ2v) is 2.60. The maximum Gasteiger partial charge on any atom is 0.142 e. The van der Waals surface area contributed by atoms with E-state index in [1.807, 2.05) is 0 Å². The average Bonchev–Trinajstić information content (AvgIpc) is 2.63. The average molecular weight is 180 g/mol. The fourth-order valence-corrected chi connectivity index (χ4v) is 1.05. The fourth-order valence-electron chi connectivity index (χ4n) is 1.05. The van der Waals surface area contributed by atoms with Crippen LogP contribution >= 0.6 is 0 Å². The van der Waals surface area contributed by atoms with Gasteiger partial charge in [-0.1, -0.05) is 12.2 Å². The first-order valence-electron chi connectivity index (χ1n) is 3.89. The Kier molecular flexibility index (Phi) is 3.06. The molecule has 0 radical (unpaired) electrons. The highest BCUT2D eigenvalue weighted by atomic mass is 16.4. The Morgan fingerprint density at radius 1 is 1.23 bits per heavy atom. The van der Waals surface area contributed by atoms with Crippen molar-refractivity contribution < 1.29 is 14.6 Å². The van der Waals surface area contributed by atoms with Crippen molar-refractivity contribution in [1.29, 1.82) is 0 Å². The van der Waals surface area contributed by atoms with Gasteiger partial charge in [0.15, 0.2) is 0 Å². The third kappa shape index (κ3) is 1.88. The molecule has 0 amide bonds. The number of aliphatic hydroxyl groups excluding tert-OH is 2. The van der Waals surface area contributed by atoms with E-state index in [-0.39, 0.29) is 0 Å². The highest BCUT2D eigenvalue weighted by Gasteiger charge is 2.16. The second-order valence-electron chi connectivity index (χ2n) is 2.60. The lowest BCUT2D eigenvalue weighted by molar-refractivity contribution is 0.181.